The molecule has 0 saturated heterocycles. The first kappa shape index (κ1) is 22.9. The molecule has 2 aromatic carbocycles. The van der Waals surface area contributed by atoms with E-state index in [1.807, 2.05) is 37.3 Å². The predicted octanol–water partition coefficient (Wildman–Crippen LogP) is 7.20. The van der Waals surface area contributed by atoms with Crippen molar-refractivity contribution in [3.63, 3.8) is 0 Å². The Bertz CT molecular complexity index is 755. The molecule has 0 aromatic heterocycles. The first-order valence-corrected chi connectivity index (χ1v) is 10.8. The molecule has 4 heteroatoms. The Morgan fingerprint density at radius 2 is 1.59 bits per heavy atom. The van der Waals surface area contributed by atoms with Crippen molar-refractivity contribution in [2.24, 2.45) is 0 Å². The summed E-state index contributed by atoms with van der Waals surface area (Å²) >= 11 is 0. The molecule has 0 saturated carbocycles. The molecular weight excluding hydrogens is 367 g/mol. The zero-order valence-electron chi connectivity index (χ0n) is 17.6. The summed E-state index contributed by atoms with van der Waals surface area (Å²) < 4.78 is 20.0. The average molecular weight is 401 g/mol. The van der Waals surface area contributed by atoms with Crippen LogP contribution in [0, 0.1) is 5.82 Å². The lowest BCUT2D eigenvalue weighted by atomic mass is 9.93. The number of hydrogen-bond acceptors (Lipinski definition) is 2. The third kappa shape index (κ3) is 7.19. The van der Waals surface area contributed by atoms with Crippen LogP contribution in [0.4, 0.5) is 4.39 Å². The summed E-state index contributed by atoms with van der Waals surface area (Å²) in [6, 6.07) is 12.4. The van der Waals surface area contributed by atoms with Gasteiger partial charge in [0, 0.05) is 0 Å². The first-order valence-electron chi connectivity index (χ1n) is 10.8. The van der Waals surface area contributed by atoms with Gasteiger partial charge in [-0.15, -0.1) is 0 Å². The van der Waals surface area contributed by atoms with Gasteiger partial charge in [-0.1, -0.05) is 82.7 Å². The van der Waals surface area contributed by atoms with Gasteiger partial charge in [-0.25, -0.2) is 4.39 Å². The van der Waals surface area contributed by atoms with Gasteiger partial charge in [0.2, 0.25) is 0 Å². The molecule has 0 aliphatic heterocycles. The Morgan fingerprint density at radius 3 is 2.21 bits per heavy atom. The average Bonchev–Trinajstić information content (AvgIpc) is 2.72. The Kier molecular flexibility index (Phi) is 9.69. The van der Waals surface area contributed by atoms with Crippen molar-refractivity contribution in [3.8, 4) is 16.9 Å². The highest BCUT2D eigenvalue weighted by molar-refractivity contribution is 5.76. The minimum absolute atomic E-state index is 0.285. The van der Waals surface area contributed by atoms with Crippen molar-refractivity contribution in [1.82, 2.24) is 0 Å². The van der Waals surface area contributed by atoms with E-state index in [0.29, 0.717) is 13.0 Å². The van der Waals surface area contributed by atoms with Crippen LogP contribution in [-0.4, -0.2) is 17.7 Å². The summed E-state index contributed by atoms with van der Waals surface area (Å²) in [6.07, 6.45) is 8.43. The molecular formula is C25H33FO3. The number of carboxylic acid groups (broad SMARTS) is 1. The van der Waals surface area contributed by atoms with Crippen LogP contribution in [0.25, 0.3) is 11.1 Å². The molecule has 0 bridgehead atoms. The number of hydrogen-bond donors (Lipinski definition) is 1. The van der Waals surface area contributed by atoms with Crippen LogP contribution in [0.2, 0.25) is 0 Å². The van der Waals surface area contributed by atoms with Gasteiger partial charge >= 0.3 is 5.97 Å². The van der Waals surface area contributed by atoms with E-state index >= 15 is 0 Å². The molecule has 0 spiro atoms. The minimum Gasteiger partial charge on any atom is -0.491 e. The summed E-state index contributed by atoms with van der Waals surface area (Å²) in [4.78, 5) is 11.4. The standard InChI is InChI=1S/C25H33FO3/c1-3-5-6-7-8-9-17-29-24-16-15-21(18-23(24)26)19-11-13-20(14-12-19)22(10-4-2)25(27)28/h11-16,18,22H,3-10,17H2,1-2H3,(H,27,28). The molecule has 158 valence electrons. The lowest BCUT2D eigenvalue weighted by molar-refractivity contribution is -0.139. The van der Waals surface area contributed by atoms with Gasteiger partial charge in [0.05, 0.1) is 12.5 Å². The molecule has 0 aliphatic carbocycles. The van der Waals surface area contributed by atoms with E-state index in [9.17, 15) is 14.3 Å². The molecule has 1 unspecified atom stereocenters. The highest BCUT2D eigenvalue weighted by Crippen LogP contribution is 2.28. The number of ether oxygens (including phenoxy) is 1. The van der Waals surface area contributed by atoms with Gasteiger partial charge in [-0.2, -0.15) is 0 Å². The van der Waals surface area contributed by atoms with Crippen molar-refractivity contribution in [1.29, 1.82) is 0 Å². The van der Waals surface area contributed by atoms with E-state index in [0.717, 1.165) is 36.0 Å². The van der Waals surface area contributed by atoms with Crippen LogP contribution in [0.3, 0.4) is 0 Å². The highest BCUT2D eigenvalue weighted by atomic mass is 19.1. The summed E-state index contributed by atoms with van der Waals surface area (Å²) in [7, 11) is 0. The number of aliphatic carboxylic acids is 1. The number of benzene rings is 2. The van der Waals surface area contributed by atoms with Gasteiger partial charge in [0.25, 0.3) is 0 Å². The fourth-order valence-corrected chi connectivity index (χ4v) is 3.49. The summed E-state index contributed by atoms with van der Waals surface area (Å²) in [5.41, 5.74) is 2.39. The lowest BCUT2D eigenvalue weighted by Gasteiger charge is -2.13. The molecule has 0 aliphatic rings. The maximum atomic E-state index is 14.4. The van der Waals surface area contributed by atoms with E-state index in [1.165, 1.54) is 31.7 Å². The molecule has 1 N–H and O–H groups in total. The normalized spacial score (nSPS) is 12.0. The predicted molar refractivity (Wildman–Crippen MR) is 116 cm³/mol. The van der Waals surface area contributed by atoms with Crippen molar-refractivity contribution in [2.75, 3.05) is 6.61 Å². The minimum atomic E-state index is -0.808. The zero-order valence-corrected chi connectivity index (χ0v) is 17.6. The Balaban J connectivity index is 1.94. The number of unbranched alkanes of at least 4 members (excludes halogenated alkanes) is 5. The highest BCUT2D eigenvalue weighted by Gasteiger charge is 2.18. The Morgan fingerprint density at radius 1 is 0.931 bits per heavy atom. The van der Waals surface area contributed by atoms with Gasteiger partial charge in [-0.05, 0) is 41.7 Å². The van der Waals surface area contributed by atoms with Crippen molar-refractivity contribution in [2.45, 2.75) is 71.1 Å². The Labute approximate surface area is 173 Å². The van der Waals surface area contributed by atoms with Crippen LogP contribution >= 0.6 is 0 Å². The second-order valence-electron chi connectivity index (χ2n) is 7.56. The van der Waals surface area contributed by atoms with Gasteiger partial charge in [0.1, 0.15) is 0 Å². The van der Waals surface area contributed by atoms with Crippen LogP contribution in [0.15, 0.2) is 42.5 Å². The quantitative estimate of drug-likeness (QED) is 0.362. The summed E-state index contributed by atoms with van der Waals surface area (Å²) in [5.74, 6) is -1.39. The van der Waals surface area contributed by atoms with Crippen LogP contribution in [0.5, 0.6) is 5.75 Å². The van der Waals surface area contributed by atoms with Gasteiger partial charge in [-0.3, -0.25) is 4.79 Å². The topological polar surface area (TPSA) is 46.5 Å². The molecule has 0 fully saturated rings. The maximum absolute atomic E-state index is 14.4. The molecule has 29 heavy (non-hydrogen) atoms. The van der Waals surface area contributed by atoms with E-state index < -0.39 is 11.9 Å². The number of halogens is 1. The second kappa shape index (κ2) is 12.3. The largest absolute Gasteiger partial charge is 0.491 e. The SMILES string of the molecule is CCCCCCCCOc1ccc(-c2ccc(C(CCC)C(=O)O)cc2)cc1F. The molecule has 2 aromatic rings. The lowest BCUT2D eigenvalue weighted by Crippen LogP contribution is -2.11. The van der Waals surface area contributed by atoms with Gasteiger partial charge < -0.3 is 9.84 Å². The number of carbonyl (C=O) groups is 1. The van der Waals surface area contributed by atoms with E-state index in [1.54, 1.807) is 6.07 Å². The molecule has 0 heterocycles. The fourth-order valence-electron chi connectivity index (χ4n) is 3.49. The fraction of sp³-hybridized carbons (Fsp3) is 0.480. The van der Waals surface area contributed by atoms with E-state index in [-0.39, 0.29) is 11.6 Å². The number of carboxylic acids is 1. The van der Waals surface area contributed by atoms with Crippen molar-refractivity contribution >= 4 is 5.97 Å². The maximum Gasteiger partial charge on any atom is 0.310 e. The van der Waals surface area contributed by atoms with E-state index in [2.05, 4.69) is 6.92 Å². The zero-order chi connectivity index (χ0) is 21.1. The molecule has 2 rings (SSSR count). The van der Waals surface area contributed by atoms with Crippen LogP contribution in [-0.2, 0) is 4.79 Å². The molecule has 1 atom stereocenters. The van der Waals surface area contributed by atoms with Crippen LogP contribution in [0.1, 0.15) is 76.7 Å². The Hall–Kier alpha value is -2.36. The molecule has 3 nitrogen and oxygen atoms in total. The molecule has 0 amide bonds. The third-order valence-electron chi connectivity index (χ3n) is 5.21. The van der Waals surface area contributed by atoms with Gasteiger partial charge in [0.15, 0.2) is 11.6 Å². The van der Waals surface area contributed by atoms with Crippen molar-refractivity contribution in [3.05, 3.63) is 53.8 Å². The first-order chi connectivity index (χ1) is 14.1. The second-order valence-corrected chi connectivity index (χ2v) is 7.56. The van der Waals surface area contributed by atoms with E-state index in [4.69, 9.17) is 4.74 Å². The summed E-state index contributed by atoms with van der Waals surface area (Å²) in [5, 5.41) is 9.39. The third-order valence-corrected chi connectivity index (χ3v) is 5.21. The van der Waals surface area contributed by atoms with Crippen LogP contribution < -0.4 is 4.74 Å². The number of rotatable bonds is 13. The molecule has 0 radical (unpaired) electrons. The smallest absolute Gasteiger partial charge is 0.310 e. The van der Waals surface area contributed by atoms with Crippen molar-refractivity contribution < 1.29 is 19.0 Å². The summed E-state index contributed by atoms with van der Waals surface area (Å²) in [6.45, 7) is 4.71. The monoisotopic (exact) mass is 400 g/mol.